The van der Waals surface area contributed by atoms with Gasteiger partial charge in [-0.3, -0.25) is 9.59 Å². The summed E-state index contributed by atoms with van der Waals surface area (Å²) in [5.74, 6) is -1.37. The first-order valence-corrected chi connectivity index (χ1v) is 11.5. The third kappa shape index (κ3) is 6.14. The molecule has 8 nitrogen and oxygen atoms in total. The number of amides is 2. The highest BCUT2D eigenvalue weighted by Crippen LogP contribution is 2.44. The Labute approximate surface area is 199 Å². The van der Waals surface area contributed by atoms with Crippen molar-refractivity contribution in [3.05, 3.63) is 59.7 Å². The topological polar surface area (TPSA) is 114 Å². The number of aliphatic carboxylic acids is 1. The first-order valence-electron chi connectivity index (χ1n) is 11.5. The molecule has 2 amide bonds. The summed E-state index contributed by atoms with van der Waals surface area (Å²) in [6, 6.07) is 14.9. The molecular formula is C26H32N2O6. The second kappa shape index (κ2) is 11.7. The van der Waals surface area contributed by atoms with E-state index in [4.69, 9.17) is 14.6 Å². The van der Waals surface area contributed by atoms with Crippen LogP contribution in [0.3, 0.4) is 0 Å². The van der Waals surface area contributed by atoms with Crippen LogP contribution in [0.1, 0.15) is 50.2 Å². The third-order valence-electron chi connectivity index (χ3n) is 6.16. The minimum Gasteiger partial charge on any atom is -0.481 e. The molecule has 0 fully saturated rings. The molecule has 3 unspecified atom stereocenters. The molecule has 34 heavy (non-hydrogen) atoms. The van der Waals surface area contributed by atoms with Gasteiger partial charge in [0.15, 0.2) is 0 Å². The van der Waals surface area contributed by atoms with Crippen LogP contribution in [0.5, 0.6) is 0 Å². The lowest BCUT2D eigenvalue weighted by molar-refractivity contribution is -0.137. The smallest absolute Gasteiger partial charge is 0.407 e. The fraction of sp³-hybridized carbons (Fsp3) is 0.423. The summed E-state index contributed by atoms with van der Waals surface area (Å²) < 4.78 is 10.9. The summed E-state index contributed by atoms with van der Waals surface area (Å²) in [5.41, 5.74) is 4.47. The van der Waals surface area contributed by atoms with Crippen LogP contribution in [0.15, 0.2) is 48.5 Å². The zero-order chi connectivity index (χ0) is 24.7. The van der Waals surface area contributed by atoms with Gasteiger partial charge in [0.25, 0.3) is 0 Å². The summed E-state index contributed by atoms with van der Waals surface area (Å²) in [6.45, 7) is 3.62. The molecule has 0 bridgehead atoms. The molecule has 0 aromatic heterocycles. The normalized spacial score (nSPS) is 14.9. The molecule has 0 saturated carbocycles. The van der Waals surface area contributed by atoms with Crippen LogP contribution in [0.2, 0.25) is 0 Å². The van der Waals surface area contributed by atoms with Crippen molar-refractivity contribution in [3.8, 4) is 11.1 Å². The van der Waals surface area contributed by atoms with E-state index in [0.717, 1.165) is 22.3 Å². The summed E-state index contributed by atoms with van der Waals surface area (Å²) in [4.78, 5) is 36.1. The highest BCUT2D eigenvalue weighted by Gasteiger charge is 2.31. The Morgan fingerprint density at radius 2 is 1.56 bits per heavy atom. The van der Waals surface area contributed by atoms with Crippen molar-refractivity contribution in [2.45, 2.75) is 57.2 Å². The number of hydrogen-bond acceptors (Lipinski definition) is 5. The number of rotatable bonds is 11. The van der Waals surface area contributed by atoms with Crippen molar-refractivity contribution in [2.24, 2.45) is 0 Å². The number of carbonyl (C=O) groups excluding carboxylic acids is 2. The molecule has 1 aliphatic carbocycles. The number of carboxylic acid groups (broad SMARTS) is 1. The van der Waals surface area contributed by atoms with Crippen LogP contribution in [-0.4, -0.2) is 55.0 Å². The summed E-state index contributed by atoms with van der Waals surface area (Å²) in [6.07, 6.45) is -0.301. The van der Waals surface area contributed by atoms with Crippen LogP contribution in [0, 0.1) is 0 Å². The van der Waals surface area contributed by atoms with Gasteiger partial charge < -0.3 is 25.2 Å². The zero-order valence-corrected chi connectivity index (χ0v) is 19.7. The molecular weight excluding hydrogens is 436 g/mol. The van der Waals surface area contributed by atoms with Gasteiger partial charge in [0, 0.05) is 25.5 Å². The lowest BCUT2D eigenvalue weighted by Gasteiger charge is -2.25. The number of nitrogens with one attached hydrogen (secondary N) is 2. The molecule has 0 saturated heterocycles. The molecule has 3 N–H and O–H groups in total. The monoisotopic (exact) mass is 468 g/mol. The SMILES string of the molecule is COC(C)C(NC(=O)OCC1c2ccccc2-c2ccccc21)C(=O)NC(C)CCCC(=O)O. The maximum Gasteiger partial charge on any atom is 0.407 e. The van der Waals surface area contributed by atoms with Gasteiger partial charge in [-0.1, -0.05) is 48.5 Å². The van der Waals surface area contributed by atoms with E-state index in [1.165, 1.54) is 7.11 Å². The second-order valence-electron chi connectivity index (χ2n) is 8.58. The van der Waals surface area contributed by atoms with Gasteiger partial charge in [-0.25, -0.2) is 4.79 Å². The Hall–Kier alpha value is -3.39. The molecule has 3 atom stereocenters. The van der Waals surface area contributed by atoms with Crippen molar-refractivity contribution in [3.63, 3.8) is 0 Å². The number of ether oxygens (including phenoxy) is 2. The Morgan fingerprint density at radius 1 is 0.971 bits per heavy atom. The quantitative estimate of drug-likeness (QED) is 0.464. The summed E-state index contributed by atoms with van der Waals surface area (Å²) in [7, 11) is 1.46. The van der Waals surface area contributed by atoms with Gasteiger partial charge in [-0.2, -0.15) is 0 Å². The minimum atomic E-state index is -0.956. The number of benzene rings is 2. The number of carbonyl (C=O) groups is 3. The molecule has 0 spiro atoms. The Kier molecular flexibility index (Phi) is 8.65. The predicted octanol–water partition coefficient (Wildman–Crippen LogP) is 3.69. The Bertz CT molecular complexity index is 978. The van der Waals surface area contributed by atoms with Gasteiger partial charge in [-0.15, -0.1) is 0 Å². The average Bonchev–Trinajstić information content (AvgIpc) is 3.14. The minimum absolute atomic E-state index is 0.0378. The molecule has 0 radical (unpaired) electrons. The van der Waals surface area contributed by atoms with Crippen LogP contribution in [-0.2, 0) is 19.1 Å². The largest absolute Gasteiger partial charge is 0.481 e. The van der Waals surface area contributed by atoms with E-state index >= 15 is 0 Å². The molecule has 0 aliphatic heterocycles. The van der Waals surface area contributed by atoms with Gasteiger partial charge in [0.05, 0.1) is 6.10 Å². The first-order chi connectivity index (χ1) is 16.3. The van der Waals surface area contributed by atoms with Crippen molar-refractivity contribution in [1.82, 2.24) is 10.6 Å². The number of methoxy groups -OCH3 is 1. The average molecular weight is 469 g/mol. The maximum absolute atomic E-state index is 12.8. The lowest BCUT2D eigenvalue weighted by Crippen LogP contribution is -2.54. The molecule has 0 heterocycles. The van der Waals surface area contributed by atoms with Gasteiger partial charge in [-0.05, 0) is 48.9 Å². The molecule has 3 rings (SSSR count). The number of fused-ring (bicyclic) bond motifs is 3. The van der Waals surface area contributed by atoms with Gasteiger partial charge in [0.1, 0.15) is 12.6 Å². The summed E-state index contributed by atoms with van der Waals surface area (Å²) in [5, 5.41) is 14.2. The molecule has 2 aromatic carbocycles. The molecule has 2 aromatic rings. The van der Waals surface area contributed by atoms with Crippen LogP contribution < -0.4 is 10.6 Å². The van der Waals surface area contributed by atoms with E-state index in [9.17, 15) is 14.4 Å². The fourth-order valence-electron chi connectivity index (χ4n) is 4.26. The molecule has 8 heteroatoms. The number of alkyl carbamates (subject to hydrolysis) is 1. The standard InChI is InChI=1S/C26H32N2O6/c1-16(9-8-14-23(29)30)27-25(31)24(17(2)33-3)28-26(32)34-15-22-20-12-6-4-10-18(20)19-11-5-7-13-21(19)22/h4-7,10-13,16-17,22,24H,8-9,14-15H2,1-3H3,(H,27,31)(H,28,32)(H,29,30). The highest BCUT2D eigenvalue weighted by molar-refractivity contribution is 5.86. The van der Waals surface area contributed by atoms with Crippen molar-refractivity contribution in [1.29, 1.82) is 0 Å². The Balaban J connectivity index is 1.60. The van der Waals surface area contributed by atoms with Crippen LogP contribution in [0.4, 0.5) is 4.79 Å². The second-order valence-corrected chi connectivity index (χ2v) is 8.58. The van der Waals surface area contributed by atoms with Crippen molar-refractivity contribution >= 4 is 18.0 Å². The zero-order valence-electron chi connectivity index (χ0n) is 19.7. The Morgan fingerprint density at radius 3 is 2.12 bits per heavy atom. The van der Waals surface area contributed by atoms with E-state index in [-0.39, 0.29) is 25.0 Å². The molecule has 1 aliphatic rings. The maximum atomic E-state index is 12.8. The van der Waals surface area contributed by atoms with Crippen molar-refractivity contribution in [2.75, 3.05) is 13.7 Å². The predicted molar refractivity (Wildman–Crippen MR) is 128 cm³/mol. The summed E-state index contributed by atoms with van der Waals surface area (Å²) >= 11 is 0. The van der Waals surface area contributed by atoms with E-state index < -0.39 is 30.1 Å². The number of hydrogen-bond donors (Lipinski definition) is 3. The third-order valence-corrected chi connectivity index (χ3v) is 6.16. The van der Waals surface area contributed by atoms with Crippen LogP contribution >= 0.6 is 0 Å². The van der Waals surface area contributed by atoms with E-state index in [0.29, 0.717) is 12.8 Å². The van der Waals surface area contributed by atoms with Crippen LogP contribution in [0.25, 0.3) is 11.1 Å². The van der Waals surface area contributed by atoms with Gasteiger partial charge >= 0.3 is 12.1 Å². The van der Waals surface area contributed by atoms with Gasteiger partial charge in [0.2, 0.25) is 5.91 Å². The van der Waals surface area contributed by atoms with E-state index in [2.05, 4.69) is 22.8 Å². The number of carboxylic acids is 1. The fourth-order valence-corrected chi connectivity index (χ4v) is 4.26. The van der Waals surface area contributed by atoms with E-state index in [1.807, 2.05) is 36.4 Å². The van der Waals surface area contributed by atoms with Crippen molar-refractivity contribution < 1.29 is 29.0 Å². The first kappa shape index (κ1) is 25.2. The lowest BCUT2D eigenvalue weighted by atomic mass is 9.98. The highest BCUT2D eigenvalue weighted by atomic mass is 16.5. The van der Waals surface area contributed by atoms with E-state index in [1.54, 1.807) is 13.8 Å². The molecule has 182 valence electrons.